The van der Waals surface area contributed by atoms with Crippen LogP contribution >= 0.6 is 0 Å². The van der Waals surface area contributed by atoms with Crippen molar-refractivity contribution in [2.75, 3.05) is 26.3 Å². The van der Waals surface area contributed by atoms with Crippen molar-refractivity contribution < 1.29 is 23.0 Å². The van der Waals surface area contributed by atoms with Crippen LogP contribution in [0.3, 0.4) is 0 Å². The van der Waals surface area contributed by atoms with Gasteiger partial charge in [-0.05, 0) is 32.0 Å². The number of hydrogen-bond donors (Lipinski definition) is 0. The molecule has 114 valence electrons. The molecule has 2 saturated heterocycles. The molecule has 1 amide bonds. The van der Waals surface area contributed by atoms with Gasteiger partial charge >= 0.3 is 0 Å². The fourth-order valence-corrected chi connectivity index (χ4v) is 2.64. The van der Waals surface area contributed by atoms with E-state index in [0.29, 0.717) is 26.3 Å². The van der Waals surface area contributed by atoms with Crippen LogP contribution < -0.4 is 0 Å². The maximum atomic E-state index is 13.2. The first-order valence-electron chi connectivity index (χ1n) is 6.83. The standard InChI is InChI=1S/C15H17F2NO3/c1-14(2)20-8-15(9-21-14)6-18(7-15)13(19)10-3-4-11(16)12(17)5-10/h3-5H,6-9H2,1-2H3. The molecule has 4 nitrogen and oxygen atoms in total. The zero-order valence-corrected chi connectivity index (χ0v) is 12.0. The molecule has 1 aromatic rings. The molecule has 0 N–H and O–H groups in total. The summed E-state index contributed by atoms with van der Waals surface area (Å²) in [6.45, 7) is 5.76. The van der Waals surface area contributed by atoms with Gasteiger partial charge in [-0.3, -0.25) is 4.79 Å². The molecule has 2 aliphatic rings. The third-order valence-electron chi connectivity index (χ3n) is 3.96. The third kappa shape index (κ3) is 2.65. The summed E-state index contributed by atoms with van der Waals surface area (Å²) >= 11 is 0. The fraction of sp³-hybridized carbons (Fsp3) is 0.533. The summed E-state index contributed by atoms with van der Waals surface area (Å²) in [6.07, 6.45) is 0. The second-order valence-electron chi connectivity index (χ2n) is 6.27. The van der Waals surface area contributed by atoms with Crippen LogP contribution in [0, 0.1) is 17.0 Å². The van der Waals surface area contributed by atoms with Crippen molar-refractivity contribution in [1.29, 1.82) is 0 Å². The second kappa shape index (κ2) is 4.74. The summed E-state index contributed by atoms with van der Waals surface area (Å²) in [5.74, 6) is -2.86. The molecular weight excluding hydrogens is 280 g/mol. The predicted molar refractivity (Wildman–Crippen MR) is 70.7 cm³/mol. The van der Waals surface area contributed by atoms with E-state index < -0.39 is 17.4 Å². The van der Waals surface area contributed by atoms with Crippen molar-refractivity contribution in [3.63, 3.8) is 0 Å². The fourth-order valence-electron chi connectivity index (χ4n) is 2.64. The molecule has 0 saturated carbocycles. The van der Waals surface area contributed by atoms with Crippen LogP contribution in [0.4, 0.5) is 8.78 Å². The monoisotopic (exact) mass is 297 g/mol. The van der Waals surface area contributed by atoms with E-state index >= 15 is 0 Å². The zero-order valence-electron chi connectivity index (χ0n) is 12.0. The number of carbonyl (C=O) groups is 1. The molecule has 2 fully saturated rings. The number of ether oxygens (including phenoxy) is 2. The van der Waals surface area contributed by atoms with E-state index in [2.05, 4.69) is 0 Å². The van der Waals surface area contributed by atoms with Crippen molar-refractivity contribution in [3.05, 3.63) is 35.4 Å². The van der Waals surface area contributed by atoms with Gasteiger partial charge in [-0.1, -0.05) is 0 Å². The minimum absolute atomic E-state index is 0.154. The molecule has 0 aliphatic carbocycles. The summed E-state index contributed by atoms with van der Waals surface area (Å²) in [5, 5.41) is 0. The molecular formula is C15H17F2NO3. The van der Waals surface area contributed by atoms with Crippen LogP contribution in [0.25, 0.3) is 0 Å². The van der Waals surface area contributed by atoms with Gasteiger partial charge in [0.2, 0.25) is 0 Å². The molecule has 0 radical (unpaired) electrons. The summed E-state index contributed by atoms with van der Waals surface area (Å²) in [4.78, 5) is 13.8. The molecule has 2 heterocycles. The molecule has 0 unspecified atom stereocenters. The Labute approximate surface area is 121 Å². The van der Waals surface area contributed by atoms with Crippen molar-refractivity contribution >= 4 is 5.91 Å². The Kier molecular flexibility index (Phi) is 3.26. The number of benzene rings is 1. The van der Waals surface area contributed by atoms with E-state index in [1.54, 1.807) is 4.90 Å². The zero-order chi connectivity index (χ0) is 15.3. The molecule has 1 aromatic carbocycles. The van der Waals surface area contributed by atoms with E-state index in [1.165, 1.54) is 6.07 Å². The van der Waals surface area contributed by atoms with Gasteiger partial charge in [0.15, 0.2) is 17.4 Å². The molecule has 1 spiro atoms. The van der Waals surface area contributed by atoms with E-state index in [0.717, 1.165) is 12.1 Å². The Balaban J connectivity index is 1.63. The maximum absolute atomic E-state index is 13.2. The molecule has 21 heavy (non-hydrogen) atoms. The topological polar surface area (TPSA) is 38.8 Å². The van der Waals surface area contributed by atoms with Gasteiger partial charge in [-0.15, -0.1) is 0 Å². The van der Waals surface area contributed by atoms with Crippen molar-refractivity contribution in [2.45, 2.75) is 19.6 Å². The Morgan fingerprint density at radius 1 is 1.14 bits per heavy atom. The lowest BCUT2D eigenvalue weighted by Crippen LogP contribution is -2.65. The molecule has 0 atom stereocenters. The Hall–Kier alpha value is -1.53. The third-order valence-corrected chi connectivity index (χ3v) is 3.96. The number of halogens is 2. The number of nitrogens with zero attached hydrogens (tertiary/aromatic N) is 1. The maximum Gasteiger partial charge on any atom is 0.254 e. The molecule has 6 heteroatoms. The van der Waals surface area contributed by atoms with E-state index in [1.807, 2.05) is 13.8 Å². The summed E-state index contributed by atoms with van der Waals surface area (Å²) in [7, 11) is 0. The Morgan fingerprint density at radius 3 is 2.33 bits per heavy atom. The largest absolute Gasteiger partial charge is 0.350 e. The minimum Gasteiger partial charge on any atom is -0.350 e. The second-order valence-corrected chi connectivity index (χ2v) is 6.27. The SMILES string of the molecule is CC1(C)OCC2(CO1)CN(C(=O)c1ccc(F)c(F)c1)C2. The van der Waals surface area contributed by atoms with Crippen molar-refractivity contribution in [1.82, 2.24) is 4.90 Å². The van der Waals surface area contributed by atoms with E-state index in [9.17, 15) is 13.6 Å². The highest BCUT2D eigenvalue weighted by Crippen LogP contribution is 2.38. The van der Waals surface area contributed by atoms with Crippen LogP contribution in [-0.2, 0) is 9.47 Å². The first-order chi connectivity index (χ1) is 9.80. The summed E-state index contributed by atoms with van der Waals surface area (Å²) < 4.78 is 37.3. The van der Waals surface area contributed by atoms with E-state index in [4.69, 9.17) is 9.47 Å². The quantitative estimate of drug-likeness (QED) is 0.797. The number of amides is 1. The Bertz CT molecular complexity index is 570. The van der Waals surface area contributed by atoms with Crippen LogP contribution in [-0.4, -0.2) is 42.9 Å². The highest BCUT2D eigenvalue weighted by atomic mass is 19.2. The number of carbonyl (C=O) groups excluding carboxylic acids is 1. The lowest BCUT2D eigenvalue weighted by Gasteiger charge is -2.54. The summed E-state index contributed by atoms with van der Waals surface area (Å²) in [6, 6.07) is 3.19. The smallest absolute Gasteiger partial charge is 0.254 e. The number of hydrogen-bond acceptors (Lipinski definition) is 3. The van der Waals surface area contributed by atoms with Crippen molar-refractivity contribution in [3.8, 4) is 0 Å². The van der Waals surface area contributed by atoms with Crippen molar-refractivity contribution in [2.24, 2.45) is 5.41 Å². The lowest BCUT2D eigenvalue weighted by molar-refractivity contribution is -0.301. The van der Waals surface area contributed by atoms with Gasteiger partial charge in [0.1, 0.15) is 0 Å². The van der Waals surface area contributed by atoms with Crippen LogP contribution in [0.1, 0.15) is 24.2 Å². The highest BCUT2D eigenvalue weighted by molar-refractivity contribution is 5.94. The highest BCUT2D eigenvalue weighted by Gasteiger charge is 2.50. The minimum atomic E-state index is -1.01. The first-order valence-corrected chi connectivity index (χ1v) is 6.83. The first kappa shape index (κ1) is 14.4. The van der Waals surface area contributed by atoms with Gasteiger partial charge in [-0.2, -0.15) is 0 Å². The van der Waals surface area contributed by atoms with E-state index in [-0.39, 0.29) is 16.9 Å². The van der Waals surface area contributed by atoms with Gasteiger partial charge in [0, 0.05) is 18.7 Å². The van der Waals surface area contributed by atoms with Gasteiger partial charge in [0.25, 0.3) is 5.91 Å². The van der Waals surface area contributed by atoms with Crippen LogP contribution in [0.2, 0.25) is 0 Å². The molecule has 3 rings (SSSR count). The normalized spacial score (nSPS) is 23.0. The number of rotatable bonds is 1. The Morgan fingerprint density at radius 2 is 1.76 bits per heavy atom. The molecule has 0 bridgehead atoms. The summed E-state index contributed by atoms with van der Waals surface area (Å²) in [5.41, 5.74) is -0.0225. The predicted octanol–water partition coefficient (Wildman–Crippen LogP) is 2.19. The molecule has 2 aliphatic heterocycles. The average Bonchev–Trinajstić information content (AvgIpc) is 2.39. The van der Waals surface area contributed by atoms with Crippen LogP contribution in [0.5, 0.6) is 0 Å². The van der Waals surface area contributed by atoms with Gasteiger partial charge in [0.05, 0.1) is 18.6 Å². The van der Waals surface area contributed by atoms with Gasteiger partial charge in [-0.25, -0.2) is 8.78 Å². The average molecular weight is 297 g/mol. The number of likely N-dealkylation sites (tertiary alicyclic amines) is 1. The van der Waals surface area contributed by atoms with Crippen LogP contribution in [0.15, 0.2) is 18.2 Å². The molecule has 0 aromatic heterocycles. The lowest BCUT2D eigenvalue weighted by atomic mass is 9.80. The van der Waals surface area contributed by atoms with Gasteiger partial charge < -0.3 is 14.4 Å².